The Morgan fingerprint density at radius 2 is 1.96 bits per heavy atom. The third kappa shape index (κ3) is 5.02. The molecule has 3 N–H and O–H groups in total. The first-order valence-corrected chi connectivity index (χ1v) is 8.88. The number of nitrogens with zero attached hydrogens (tertiary/aromatic N) is 3. The number of carbonyl (C=O) groups excluding carboxylic acids is 1. The Kier molecular flexibility index (Phi) is 6.49. The van der Waals surface area contributed by atoms with Crippen molar-refractivity contribution in [1.29, 1.82) is 0 Å². The van der Waals surface area contributed by atoms with E-state index in [-0.39, 0.29) is 5.91 Å². The zero-order valence-corrected chi connectivity index (χ0v) is 15.7. The van der Waals surface area contributed by atoms with Gasteiger partial charge in [0, 0.05) is 23.0 Å². The Balaban J connectivity index is 1.71. The molecule has 0 saturated heterocycles. The maximum Gasteiger partial charge on any atom is 0.255 e. The van der Waals surface area contributed by atoms with Gasteiger partial charge in [0.2, 0.25) is 0 Å². The lowest BCUT2D eigenvalue weighted by molar-refractivity contribution is 0.102. The third-order valence-electron chi connectivity index (χ3n) is 3.89. The minimum Gasteiger partial charge on any atom is -0.390 e. The Labute approximate surface area is 167 Å². The summed E-state index contributed by atoms with van der Waals surface area (Å²) < 4.78 is 0. The van der Waals surface area contributed by atoms with E-state index in [1.54, 1.807) is 30.5 Å². The molecular formula is C21H18ClN5O. The van der Waals surface area contributed by atoms with Crippen molar-refractivity contribution >= 4 is 35.9 Å². The average molecular weight is 392 g/mol. The van der Waals surface area contributed by atoms with Crippen LogP contribution in [0, 0.1) is 0 Å². The van der Waals surface area contributed by atoms with Gasteiger partial charge >= 0.3 is 0 Å². The molecule has 0 saturated carbocycles. The largest absolute Gasteiger partial charge is 0.390 e. The predicted octanol–water partition coefficient (Wildman–Crippen LogP) is 4.17. The van der Waals surface area contributed by atoms with Gasteiger partial charge in [-0.3, -0.25) is 14.8 Å². The molecule has 7 heteroatoms. The van der Waals surface area contributed by atoms with Crippen molar-refractivity contribution in [3.05, 3.63) is 83.0 Å². The highest BCUT2D eigenvalue weighted by molar-refractivity contribution is 6.33. The number of nitrogens with one attached hydrogen (secondary N) is 1. The molecule has 1 amide bonds. The van der Waals surface area contributed by atoms with Crippen molar-refractivity contribution in [3.8, 4) is 11.3 Å². The second kappa shape index (κ2) is 9.43. The number of pyridine rings is 1. The highest BCUT2D eigenvalue weighted by atomic mass is 35.5. The van der Waals surface area contributed by atoms with E-state index in [0.29, 0.717) is 22.8 Å². The molecule has 3 aromatic rings. The van der Waals surface area contributed by atoms with Gasteiger partial charge in [0.25, 0.3) is 5.91 Å². The maximum atomic E-state index is 12.5. The Morgan fingerprint density at radius 1 is 1.14 bits per heavy atom. The quantitative estimate of drug-likeness (QED) is 0.487. The number of benzene rings is 2. The lowest BCUT2D eigenvalue weighted by Crippen LogP contribution is -2.11. The van der Waals surface area contributed by atoms with Gasteiger partial charge < -0.3 is 11.1 Å². The lowest BCUT2D eigenvalue weighted by Gasteiger charge is -2.09. The molecule has 1 heterocycles. The summed E-state index contributed by atoms with van der Waals surface area (Å²) in [7, 11) is 0. The second-order valence-corrected chi connectivity index (χ2v) is 6.22. The Morgan fingerprint density at radius 3 is 2.68 bits per heavy atom. The van der Waals surface area contributed by atoms with Gasteiger partial charge in [-0.25, -0.2) is 4.99 Å². The normalized spacial score (nSPS) is 11.2. The summed E-state index contributed by atoms with van der Waals surface area (Å²) in [5.41, 5.74) is 8.79. The molecular weight excluding hydrogens is 374 g/mol. The number of aliphatic imine (C=N–C) groups is 2. The van der Waals surface area contributed by atoms with Crippen LogP contribution in [0.2, 0.25) is 5.02 Å². The standard InChI is InChI=1S/C21H18ClN5O/c22-19-9-8-17(11-18(19)20-3-1-2-10-26-20)27-21(28)16-6-4-15(5-7-16)12-24-14-25-13-23/h1-11,13-14H,12H2,(H,27,28)(H2,23,24,25). The molecule has 0 atom stereocenters. The fourth-order valence-corrected chi connectivity index (χ4v) is 2.73. The number of carbonyl (C=O) groups is 1. The molecule has 0 bridgehead atoms. The van der Waals surface area contributed by atoms with Gasteiger partial charge in [-0.15, -0.1) is 0 Å². The number of anilines is 1. The molecule has 2 aromatic carbocycles. The number of amides is 1. The number of hydrogen-bond acceptors (Lipinski definition) is 3. The molecule has 0 aliphatic rings. The summed E-state index contributed by atoms with van der Waals surface area (Å²) in [5, 5.41) is 3.46. The van der Waals surface area contributed by atoms with Crippen LogP contribution in [0.25, 0.3) is 11.3 Å². The number of nitrogens with two attached hydrogens (primary N) is 1. The number of hydrogen-bond donors (Lipinski definition) is 2. The summed E-state index contributed by atoms with van der Waals surface area (Å²) in [4.78, 5) is 24.6. The minimum absolute atomic E-state index is 0.211. The van der Waals surface area contributed by atoms with Crippen molar-refractivity contribution in [2.45, 2.75) is 6.54 Å². The number of rotatable bonds is 6. The van der Waals surface area contributed by atoms with Crippen LogP contribution in [-0.2, 0) is 6.54 Å². The summed E-state index contributed by atoms with van der Waals surface area (Å²) in [6.45, 7) is 0.462. The van der Waals surface area contributed by atoms with Crippen molar-refractivity contribution in [2.75, 3.05) is 5.32 Å². The van der Waals surface area contributed by atoms with Crippen LogP contribution in [0.1, 0.15) is 15.9 Å². The van der Waals surface area contributed by atoms with Crippen LogP contribution in [0.4, 0.5) is 5.69 Å². The fourth-order valence-electron chi connectivity index (χ4n) is 2.52. The molecule has 3 rings (SSSR count). The monoisotopic (exact) mass is 391 g/mol. The summed E-state index contributed by atoms with van der Waals surface area (Å²) >= 11 is 6.28. The van der Waals surface area contributed by atoms with Crippen LogP contribution in [0.15, 0.2) is 76.8 Å². The second-order valence-electron chi connectivity index (χ2n) is 5.81. The molecule has 0 spiro atoms. The molecule has 0 aliphatic carbocycles. The predicted molar refractivity (Wildman–Crippen MR) is 114 cm³/mol. The van der Waals surface area contributed by atoms with Gasteiger partial charge in [0.15, 0.2) is 0 Å². The van der Waals surface area contributed by atoms with Crippen LogP contribution in [-0.4, -0.2) is 23.6 Å². The molecule has 0 unspecified atom stereocenters. The van der Waals surface area contributed by atoms with E-state index in [2.05, 4.69) is 20.3 Å². The summed E-state index contributed by atoms with van der Waals surface area (Å²) in [6.07, 6.45) is 4.26. The van der Waals surface area contributed by atoms with Crippen molar-refractivity contribution in [3.63, 3.8) is 0 Å². The van der Waals surface area contributed by atoms with Crippen LogP contribution in [0.5, 0.6) is 0 Å². The van der Waals surface area contributed by atoms with Crippen molar-refractivity contribution in [1.82, 2.24) is 4.98 Å². The average Bonchev–Trinajstić information content (AvgIpc) is 2.73. The lowest BCUT2D eigenvalue weighted by atomic mass is 10.1. The zero-order chi connectivity index (χ0) is 19.8. The SMILES string of the molecule is NC=NC=NCc1ccc(C(=O)Nc2ccc(Cl)c(-c3ccccn3)c2)cc1. The zero-order valence-electron chi connectivity index (χ0n) is 14.9. The van der Waals surface area contributed by atoms with E-state index in [9.17, 15) is 4.79 Å². The summed E-state index contributed by atoms with van der Waals surface area (Å²) in [5.74, 6) is -0.211. The molecule has 0 aliphatic heterocycles. The topological polar surface area (TPSA) is 92.7 Å². The molecule has 1 aromatic heterocycles. The first-order chi connectivity index (χ1) is 13.7. The van der Waals surface area contributed by atoms with Gasteiger partial charge in [-0.2, -0.15) is 0 Å². The maximum absolute atomic E-state index is 12.5. The Hall–Kier alpha value is -3.51. The van der Waals surface area contributed by atoms with Gasteiger partial charge in [-0.05, 0) is 48.0 Å². The van der Waals surface area contributed by atoms with Gasteiger partial charge in [0.1, 0.15) is 6.34 Å². The molecule has 140 valence electrons. The van der Waals surface area contributed by atoms with Gasteiger partial charge in [-0.1, -0.05) is 29.8 Å². The number of aromatic nitrogens is 1. The Bertz CT molecular complexity index is 1000. The molecule has 6 nitrogen and oxygen atoms in total. The number of halogens is 1. The van der Waals surface area contributed by atoms with Crippen LogP contribution in [0.3, 0.4) is 0 Å². The van der Waals surface area contributed by atoms with Crippen molar-refractivity contribution < 1.29 is 4.79 Å². The van der Waals surface area contributed by atoms with Crippen LogP contribution >= 0.6 is 11.6 Å². The van der Waals surface area contributed by atoms with E-state index in [0.717, 1.165) is 16.8 Å². The highest BCUT2D eigenvalue weighted by Crippen LogP contribution is 2.29. The van der Waals surface area contributed by atoms with E-state index in [1.807, 2.05) is 36.4 Å². The van der Waals surface area contributed by atoms with Crippen LogP contribution < -0.4 is 11.1 Å². The first-order valence-electron chi connectivity index (χ1n) is 8.50. The van der Waals surface area contributed by atoms with E-state index < -0.39 is 0 Å². The van der Waals surface area contributed by atoms with E-state index in [1.165, 1.54) is 12.7 Å². The van der Waals surface area contributed by atoms with E-state index >= 15 is 0 Å². The van der Waals surface area contributed by atoms with Gasteiger partial charge in [0.05, 0.1) is 23.6 Å². The minimum atomic E-state index is -0.211. The molecule has 28 heavy (non-hydrogen) atoms. The highest BCUT2D eigenvalue weighted by Gasteiger charge is 2.10. The molecule has 0 radical (unpaired) electrons. The molecule has 0 fully saturated rings. The first kappa shape index (κ1) is 19.3. The van der Waals surface area contributed by atoms with E-state index in [4.69, 9.17) is 17.3 Å². The third-order valence-corrected chi connectivity index (χ3v) is 4.22. The fraction of sp³-hybridized carbons (Fsp3) is 0.0476. The smallest absolute Gasteiger partial charge is 0.255 e. The van der Waals surface area contributed by atoms with Crippen molar-refractivity contribution in [2.24, 2.45) is 15.7 Å². The summed E-state index contributed by atoms with van der Waals surface area (Å²) in [6, 6.07) is 18.1.